The molecule has 1 atom stereocenters. The Bertz CT molecular complexity index is 1370. The highest BCUT2D eigenvalue weighted by atomic mass is 16.5. The minimum absolute atomic E-state index is 0.221. The summed E-state index contributed by atoms with van der Waals surface area (Å²) in [6.07, 6.45) is 3.69. The van der Waals surface area contributed by atoms with Crippen molar-refractivity contribution in [2.75, 3.05) is 0 Å². The standard InChI is InChI=1S/C30H25N3O4/c34-28(32-19-22-12-14-24(15-13-22)37-20-23-9-6-16-31-18-23)27(17-21-7-2-1-3-8-21)33-29(35)25-10-4-5-11-26(25)30(33)36/h1-16,18,27H,17,19-20H2,(H,32,34). The van der Waals surface area contributed by atoms with E-state index in [1.165, 1.54) is 0 Å². The Morgan fingerprint density at radius 2 is 1.43 bits per heavy atom. The van der Waals surface area contributed by atoms with E-state index in [1.54, 1.807) is 36.7 Å². The Morgan fingerprint density at radius 3 is 2.08 bits per heavy atom. The van der Waals surface area contributed by atoms with E-state index < -0.39 is 23.8 Å². The maximum Gasteiger partial charge on any atom is 0.262 e. The summed E-state index contributed by atoms with van der Waals surface area (Å²) in [7, 11) is 0. The lowest BCUT2D eigenvalue weighted by molar-refractivity contribution is -0.125. The van der Waals surface area contributed by atoms with Gasteiger partial charge in [-0.1, -0.05) is 60.7 Å². The van der Waals surface area contributed by atoms with Crippen LogP contribution in [0.1, 0.15) is 37.4 Å². The highest BCUT2D eigenvalue weighted by molar-refractivity contribution is 6.22. The number of aromatic nitrogens is 1. The van der Waals surface area contributed by atoms with Gasteiger partial charge in [0.15, 0.2) is 0 Å². The normalized spacial score (nSPS) is 13.2. The number of pyridine rings is 1. The summed E-state index contributed by atoms with van der Waals surface area (Å²) in [5.74, 6) is -0.597. The van der Waals surface area contributed by atoms with Gasteiger partial charge in [-0.3, -0.25) is 24.3 Å². The highest BCUT2D eigenvalue weighted by Gasteiger charge is 2.42. The molecule has 3 amide bonds. The average molecular weight is 492 g/mol. The summed E-state index contributed by atoms with van der Waals surface area (Å²) in [6, 6.07) is 26.3. The zero-order valence-electron chi connectivity index (χ0n) is 20.0. The maximum absolute atomic E-state index is 13.4. The number of carbonyl (C=O) groups excluding carboxylic acids is 3. The lowest BCUT2D eigenvalue weighted by atomic mass is 10.0. The first-order valence-electron chi connectivity index (χ1n) is 12.0. The predicted octanol–water partition coefficient (Wildman–Crippen LogP) is 4.18. The third-order valence-corrected chi connectivity index (χ3v) is 6.23. The Kier molecular flexibility index (Phi) is 7.03. The van der Waals surface area contributed by atoms with Crippen molar-refractivity contribution in [3.63, 3.8) is 0 Å². The van der Waals surface area contributed by atoms with Gasteiger partial charge in [-0.25, -0.2) is 0 Å². The SMILES string of the molecule is O=C(NCc1ccc(OCc2cccnc2)cc1)C(Cc1ccccc1)N1C(=O)c2ccccc2C1=O. The van der Waals surface area contributed by atoms with Crippen LogP contribution >= 0.6 is 0 Å². The van der Waals surface area contributed by atoms with Crippen molar-refractivity contribution in [2.24, 2.45) is 0 Å². The van der Waals surface area contributed by atoms with Crippen LogP contribution < -0.4 is 10.1 Å². The first-order chi connectivity index (χ1) is 18.1. The summed E-state index contributed by atoms with van der Waals surface area (Å²) < 4.78 is 5.79. The monoisotopic (exact) mass is 491 g/mol. The Labute approximate surface area is 214 Å². The summed E-state index contributed by atoms with van der Waals surface area (Å²) in [4.78, 5) is 44.8. The van der Waals surface area contributed by atoms with Crippen LogP contribution in [0.15, 0.2) is 103 Å². The molecule has 3 aromatic carbocycles. The molecule has 0 aliphatic carbocycles. The minimum atomic E-state index is -0.975. The van der Waals surface area contributed by atoms with E-state index in [0.717, 1.165) is 21.6 Å². The van der Waals surface area contributed by atoms with Crippen LogP contribution in [-0.2, 0) is 24.4 Å². The number of benzene rings is 3. The molecule has 2 heterocycles. The van der Waals surface area contributed by atoms with E-state index in [0.29, 0.717) is 23.5 Å². The molecule has 1 unspecified atom stereocenters. The second-order valence-electron chi connectivity index (χ2n) is 8.74. The molecule has 0 fully saturated rings. The molecule has 1 aliphatic heterocycles. The molecule has 7 heteroatoms. The van der Waals surface area contributed by atoms with Gasteiger partial charge >= 0.3 is 0 Å². The van der Waals surface area contributed by atoms with Crippen LogP contribution in [0.5, 0.6) is 5.75 Å². The molecule has 37 heavy (non-hydrogen) atoms. The topological polar surface area (TPSA) is 88.6 Å². The second kappa shape index (κ2) is 10.9. The second-order valence-corrected chi connectivity index (χ2v) is 8.74. The smallest absolute Gasteiger partial charge is 0.262 e. The molecule has 5 rings (SSSR count). The molecule has 4 aromatic rings. The van der Waals surface area contributed by atoms with Gasteiger partial charge in [-0.2, -0.15) is 0 Å². The number of hydrogen-bond acceptors (Lipinski definition) is 5. The molecule has 1 aliphatic rings. The molecule has 184 valence electrons. The van der Waals surface area contributed by atoms with Gasteiger partial charge in [0.1, 0.15) is 18.4 Å². The zero-order chi connectivity index (χ0) is 25.6. The molecular formula is C30H25N3O4. The molecule has 0 bridgehead atoms. The van der Waals surface area contributed by atoms with Gasteiger partial charge in [-0.15, -0.1) is 0 Å². The molecule has 0 radical (unpaired) electrons. The van der Waals surface area contributed by atoms with Crippen molar-refractivity contribution in [1.29, 1.82) is 0 Å². The van der Waals surface area contributed by atoms with Crippen LogP contribution in [-0.4, -0.2) is 33.6 Å². The number of nitrogens with one attached hydrogen (secondary N) is 1. The van der Waals surface area contributed by atoms with Crippen molar-refractivity contribution >= 4 is 17.7 Å². The third-order valence-electron chi connectivity index (χ3n) is 6.23. The quantitative estimate of drug-likeness (QED) is 0.355. The lowest BCUT2D eigenvalue weighted by Gasteiger charge is -2.25. The van der Waals surface area contributed by atoms with Gasteiger partial charge in [0.2, 0.25) is 5.91 Å². The molecule has 7 nitrogen and oxygen atoms in total. The summed E-state index contributed by atoms with van der Waals surface area (Å²) >= 11 is 0. The predicted molar refractivity (Wildman–Crippen MR) is 138 cm³/mol. The molecule has 1 N–H and O–H groups in total. The molecular weight excluding hydrogens is 466 g/mol. The van der Waals surface area contributed by atoms with Crippen LogP contribution in [0, 0.1) is 0 Å². The zero-order valence-corrected chi connectivity index (χ0v) is 20.0. The first-order valence-corrected chi connectivity index (χ1v) is 12.0. The van der Waals surface area contributed by atoms with E-state index in [-0.39, 0.29) is 13.0 Å². The van der Waals surface area contributed by atoms with Gasteiger partial charge < -0.3 is 10.1 Å². The molecule has 1 aromatic heterocycles. The van der Waals surface area contributed by atoms with E-state index in [1.807, 2.05) is 66.7 Å². The van der Waals surface area contributed by atoms with Crippen molar-refractivity contribution in [3.05, 3.63) is 131 Å². The van der Waals surface area contributed by atoms with Crippen LogP contribution in [0.3, 0.4) is 0 Å². The molecule has 0 spiro atoms. The van der Waals surface area contributed by atoms with Crippen LogP contribution in [0.2, 0.25) is 0 Å². The highest BCUT2D eigenvalue weighted by Crippen LogP contribution is 2.26. The van der Waals surface area contributed by atoms with Crippen molar-refractivity contribution in [2.45, 2.75) is 25.6 Å². The third kappa shape index (κ3) is 5.41. The van der Waals surface area contributed by atoms with E-state index in [2.05, 4.69) is 10.3 Å². The number of amides is 3. The first kappa shape index (κ1) is 23.9. The molecule has 0 saturated carbocycles. The lowest BCUT2D eigenvalue weighted by Crippen LogP contribution is -2.50. The van der Waals surface area contributed by atoms with Crippen molar-refractivity contribution < 1.29 is 19.1 Å². The van der Waals surface area contributed by atoms with Crippen LogP contribution in [0.4, 0.5) is 0 Å². The van der Waals surface area contributed by atoms with E-state index in [4.69, 9.17) is 4.74 Å². The Balaban J connectivity index is 1.27. The summed E-state index contributed by atoms with van der Waals surface area (Å²) in [5, 5.41) is 2.91. The molecule has 0 saturated heterocycles. The number of nitrogens with zero attached hydrogens (tertiary/aromatic N) is 2. The summed E-state index contributed by atoms with van der Waals surface area (Å²) in [6.45, 7) is 0.654. The largest absolute Gasteiger partial charge is 0.489 e. The van der Waals surface area contributed by atoms with E-state index >= 15 is 0 Å². The minimum Gasteiger partial charge on any atom is -0.489 e. The van der Waals surface area contributed by atoms with Gasteiger partial charge in [0.05, 0.1) is 11.1 Å². The van der Waals surface area contributed by atoms with Gasteiger partial charge in [0.25, 0.3) is 11.8 Å². The van der Waals surface area contributed by atoms with Gasteiger partial charge in [-0.05, 0) is 41.5 Å². The van der Waals surface area contributed by atoms with Gasteiger partial charge in [0, 0.05) is 30.9 Å². The number of hydrogen-bond donors (Lipinski definition) is 1. The maximum atomic E-state index is 13.4. The number of ether oxygens (including phenoxy) is 1. The number of rotatable bonds is 9. The number of imide groups is 1. The Morgan fingerprint density at radius 1 is 0.784 bits per heavy atom. The summed E-state index contributed by atoms with van der Waals surface area (Å²) in [5.41, 5.74) is 3.33. The van der Waals surface area contributed by atoms with E-state index in [9.17, 15) is 14.4 Å². The van der Waals surface area contributed by atoms with Crippen molar-refractivity contribution in [1.82, 2.24) is 15.2 Å². The number of fused-ring (bicyclic) bond motifs is 1. The average Bonchev–Trinajstić information content (AvgIpc) is 3.20. The van der Waals surface area contributed by atoms with Crippen molar-refractivity contribution in [3.8, 4) is 5.75 Å². The fourth-order valence-electron chi connectivity index (χ4n) is 4.29. The van der Waals surface area contributed by atoms with Crippen LogP contribution in [0.25, 0.3) is 0 Å². The number of carbonyl (C=O) groups is 3. The fourth-order valence-corrected chi connectivity index (χ4v) is 4.29. The Hall–Kier alpha value is -4.78. The fraction of sp³-hybridized carbons (Fsp3) is 0.133.